The van der Waals surface area contributed by atoms with Gasteiger partial charge in [0.05, 0.1) is 28.0 Å². The molecule has 0 atom stereocenters. The molecule has 9 rings (SSSR count). The summed E-state index contributed by atoms with van der Waals surface area (Å²) in [5.74, 6) is 0.976. The minimum atomic E-state index is -2.33. The van der Waals surface area contributed by atoms with E-state index in [4.69, 9.17) is 14.1 Å². The van der Waals surface area contributed by atoms with Crippen molar-refractivity contribution in [2.24, 2.45) is 0 Å². The zero-order valence-corrected chi connectivity index (χ0v) is 40.5. The molecule has 1 N–H and O–H groups in total. The minimum Gasteiger partial charge on any atom is -0.507 e. The van der Waals surface area contributed by atoms with Crippen LogP contribution < -0.4 is 0 Å². The average molecular weight is 881 g/mol. The molecule has 0 fully saturated rings. The Morgan fingerprint density at radius 1 is 0.522 bits per heavy atom. The van der Waals surface area contributed by atoms with E-state index in [0.29, 0.717) is 11.4 Å². The van der Waals surface area contributed by atoms with E-state index in [1.54, 1.807) is 12.1 Å². The summed E-state index contributed by atoms with van der Waals surface area (Å²) >= 11 is 0. The SMILES string of the molecule is [2H]C([2H])([2H])c1ccc(-n2c(-c3cc(C(C)C)cc(C(C)C)c3O)nc3c(-c4cc(-c5cc(-c6ccc(-c7ccccc7)cc6)ccn5)cc(C(C)(C)C)c4)cccc32)c(-c2ccc(C(C)(C)C)cc2)c1. The van der Waals surface area contributed by atoms with Crippen LogP contribution in [0.3, 0.4) is 0 Å². The standard InChI is InChI=1S/C63H63N3O/c1-39(2)47-36-53(40(3)4)60(67)55(37-47)61-65-59-52(18-15-19-58(59)66(61)57-29-20-41(5)32-54(57)45-25-27-50(28-26-45)62(6,7)8)48-33-49(35-51(34-48)63(9,10)11)56-38-46(30-31-64-56)44-23-21-43(22-24-44)42-16-13-12-14-17-42/h12-40,67H,1-11H3/i5D3. The van der Waals surface area contributed by atoms with Gasteiger partial charge in [0.15, 0.2) is 0 Å². The van der Waals surface area contributed by atoms with Crippen LogP contribution in [0.4, 0.5) is 0 Å². The molecule has 0 amide bonds. The number of aromatic nitrogens is 3. The number of para-hydroxylation sites is 1. The second-order valence-electron chi connectivity index (χ2n) is 20.7. The van der Waals surface area contributed by atoms with E-state index < -0.39 is 6.85 Å². The van der Waals surface area contributed by atoms with Crippen molar-refractivity contribution in [1.82, 2.24) is 14.5 Å². The molecular formula is C63H63N3O. The van der Waals surface area contributed by atoms with Crippen molar-refractivity contribution in [2.75, 3.05) is 0 Å². The molecule has 2 aromatic heterocycles. The first-order valence-electron chi connectivity index (χ1n) is 25.1. The lowest BCUT2D eigenvalue weighted by atomic mass is 9.83. The Hall–Kier alpha value is -7.04. The minimum absolute atomic E-state index is 0.0422. The first-order chi connectivity index (χ1) is 33.2. The molecule has 2 heterocycles. The molecule has 0 aliphatic rings. The topological polar surface area (TPSA) is 50.9 Å². The van der Waals surface area contributed by atoms with Gasteiger partial charge in [-0.2, -0.15) is 0 Å². The molecule has 67 heavy (non-hydrogen) atoms. The molecule has 0 spiro atoms. The highest BCUT2D eigenvalue weighted by Gasteiger charge is 2.26. The van der Waals surface area contributed by atoms with Gasteiger partial charge < -0.3 is 5.11 Å². The van der Waals surface area contributed by atoms with Crippen LogP contribution in [-0.2, 0) is 10.8 Å². The zero-order valence-electron chi connectivity index (χ0n) is 43.5. The molecule has 4 heteroatoms. The predicted molar refractivity (Wildman–Crippen MR) is 283 cm³/mol. The third kappa shape index (κ3) is 8.98. The van der Waals surface area contributed by atoms with Gasteiger partial charge in [0.25, 0.3) is 0 Å². The molecule has 9 aromatic rings. The van der Waals surface area contributed by atoms with E-state index in [2.05, 4.69) is 207 Å². The lowest BCUT2D eigenvalue weighted by molar-refractivity contribution is 0.466. The number of phenols is 1. The molecule has 0 unspecified atom stereocenters. The van der Waals surface area contributed by atoms with Crippen molar-refractivity contribution in [2.45, 2.75) is 98.8 Å². The van der Waals surface area contributed by atoms with Gasteiger partial charge in [-0.15, -0.1) is 0 Å². The number of aromatic hydroxyl groups is 1. The molecule has 0 aliphatic heterocycles. The van der Waals surface area contributed by atoms with Gasteiger partial charge in [0, 0.05) is 27.0 Å². The fraction of sp³-hybridized carbons (Fsp3) is 0.238. The number of benzene rings is 7. The smallest absolute Gasteiger partial charge is 0.149 e. The van der Waals surface area contributed by atoms with E-state index in [9.17, 15) is 5.11 Å². The number of phenolic OH excluding ortho intramolecular Hbond substituents is 1. The first-order valence-corrected chi connectivity index (χ1v) is 23.6. The number of pyridine rings is 1. The molecule has 4 nitrogen and oxygen atoms in total. The summed E-state index contributed by atoms with van der Waals surface area (Å²) in [6.45, 7) is 19.5. The Bertz CT molecular complexity index is 3370. The Balaban J connectivity index is 1.29. The van der Waals surface area contributed by atoms with Crippen molar-refractivity contribution >= 4 is 11.0 Å². The number of hydrogen-bond donors (Lipinski definition) is 1. The summed E-state index contributed by atoms with van der Waals surface area (Å²) in [6.07, 6.45) is 1.89. The highest BCUT2D eigenvalue weighted by molar-refractivity contribution is 5.98. The van der Waals surface area contributed by atoms with Crippen LogP contribution in [0.5, 0.6) is 5.75 Å². The molecule has 7 aromatic carbocycles. The third-order valence-corrected chi connectivity index (χ3v) is 13.2. The molecule has 0 radical (unpaired) electrons. The van der Waals surface area contributed by atoms with Crippen molar-refractivity contribution in [1.29, 1.82) is 0 Å². The fourth-order valence-corrected chi connectivity index (χ4v) is 9.11. The molecule has 0 bridgehead atoms. The number of fused-ring (bicyclic) bond motifs is 1. The van der Waals surface area contributed by atoms with Gasteiger partial charge >= 0.3 is 0 Å². The molecule has 0 saturated heterocycles. The highest BCUT2D eigenvalue weighted by Crippen LogP contribution is 2.45. The van der Waals surface area contributed by atoms with Crippen LogP contribution in [0.1, 0.15) is 113 Å². The van der Waals surface area contributed by atoms with Crippen LogP contribution in [0, 0.1) is 6.85 Å². The van der Waals surface area contributed by atoms with Gasteiger partial charge in [0.1, 0.15) is 11.6 Å². The van der Waals surface area contributed by atoms with E-state index in [-0.39, 0.29) is 34.0 Å². The van der Waals surface area contributed by atoms with Crippen LogP contribution >= 0.6 is 0 Å². The zero-order chi connectivity index (χ0) is 49.9. The summed E-state index contributed by atoms with van der Waals surface area (Å²) in [5.41, 5.74) is 17.1. The van der Waals surface area contributed by atoms with E-state index in [1.807, 2.05) is 18.3 Å². The van der Waals surface area contributed by atoms with Crippen molar-refractivity contribution in [3.63, 3.8) is 0 Å². The van der Waals surface area contributed by atoms with Crippen LogP contribution in [0.25, 0.3) is 83.9 Å². The van der Waals surface area contributed by atoms with Gasteiger partial charge in [-0.1, -0.05) is 184 Å². The van der Waals surface area contributed by atoms with Crippen molar-refractivity contribution in [3.05, 3.63) is 192 Å². The van der Waals surface area contributed by atoms with E-state index in [1.165, 1.54) is 16.7 Å². The number of nitrogens with zero attached hydrogens (tertiary/aromatic N) is 3. The number of hydrogen-bond acceptors (Lipinski definition) is 3. The first kappa shape index (κ1) is 41.4. The Kier molecular flexibility index (Phi) is 10.9. The second-order valence-corrected chi connectivity index (χ2v) is 20.7. The lowest BCUT2D eigenvalue weighted by Crippen LogP contribution is -2.11. The lowest BCUT2D eigenvalue weighted by Gasteiger charge is -2.22. The van der Waals surface area contributed by atoms with Gasteiger partial charge in [0.2, 0.25) is 0 Å². The van der Waals surface area contributed by atoms with E-state index in [0.717, 1.165) is 78.0 Å². The average Bonchev–Trinajstić information content (AvgIpc) is 3.72. The van der Waals surface area contributed by atoms with Gasteiger partial charge in [-0.05, 0) is 134 Å². The van der Waals surface area contributed by atoms with Crippen molar-refractivity contribution in [3.8, 4) is 78.6 Å². The fourth-order valence-electron chi connectivity index (χ4n) is 9.11. The summed E-state index contributed by atoms with van der Waals surface area (Å²) in [5, 5.41) is 12.4. The monoisotopic (exact) mass is 881 g/mol. The number of aryl methyl sites for hydroxylation is 1. The molecule has 336 valence electrons. The summed E-state index contributed by atoms with van der Waals surface area (Å²) < 4.78 is 27.6. The summed E-state index contributed by atoms with van der Waals surface area (Å²) in [6, 6.07) is 54.4. The third-order valence-electron chi connectivity index (χ3n) is 13.2. The maximum absolute atomic E-state index is 12.4. The summed E-state index contributed by atoms with van der Waals surface area (Å²) in [4.78, 5) is 10.6. The highest BCUT2D eigenvalue weighted by atomic mass is 16.3. The Morgan fingerprint density at radius 2 is 1.18 bits per heavy atom. The normalized spacial score (nSPS) is 13.0. The van der Waals surface area contributed by atoms with Crippen molar-refractivity contribution < 1.29 is 9.22 Å². The molecular weight excluding hydrogens is 815 g/mol. The van der Waals surface area contributed by atoms with Gasteiger partial charge in [-0.3, -0.25) is 9.55 Å². The number of imidazole rings is 1. The maximum atomic E-state index is 12.4. The molecule has 0 saturated carbocycles. The predicted octanol–water partition coefficient (Wildman–Crippen LogP) is 17.3. The largest absolute Gasteiger partial charge is 0.507 e. The maximum Gasteiger partial charge on any atom is 0.149 e. The quantitative estimate of drug-likeness (QED) is 0.157. The van der Waals surface area contributed by atoms with Crippen LogP contribution in [0.15, 0.2) is 164 Å². The summed E-state index contributed by atoms with van der Waals surface area (Å²) in [7, 11) is 0. The van der Waals surface area contributed by atoms with E-state index >= 15 is 0 Å². The van der Waals surface area contributed by atoms with Crippen LogP contribution in [-0.4, -0.2) is 19.6 Å². The second kappa shape index (κ2) is 17.6. The Labute approximate surface area is 402 Å². The number of rotatable bonds is 9. The Morgan fingerprint density at radius 3 is 1.84 bits per heavy atom. The van der Waals surface area contributed by atoms with Gasteiger partial charge in [-0.25, -0.2) is 4.98 Å². The van der Waals surface area contributed by atoms with Crippen LogP contribution in [0.2, 0.25) is 0 Å². The molecule has 0 aliphatic carbocycles.